The van der Waals surface area contributed by atoms with Gasteiger partial charge in [0.25, 0.3) is 0 Å². The quantitative estimate of drug-likeness (QED) is 0.828. The van der Waals surface area contributed by atoms with E-state index in [1.807, 2.05) is 0 Å². The van der Waals surface area contributed by atoms with Crippen LogP contribution in [-0.2, 0) is 9.53 Å². The van der Waals surface area contributed by atoms with Gasteiger partial charge in [-0.1, -0.05) is 18.2 Å². The van der Waals surface area contributed by atoms with Crippen LogP contribution in [0.15, 0.2) is 24.3 Å². The molecular weight excluding hydrogens is 282 g/mol. The highest BCUT2D eigenvalue weighted by Gasteiger charge is 2.40. The molecule has 2 unspecified atom stereocenters. The van der Waals surface area contributed by atoms with E-state index >= 15 is 0 Å². The van der Waals surface area contributed by atoms with E-state index in [1.54, 1.807) is 18.2 Å². The first kappa shape index (κ1) is 15.3. The number of aliphatic hydroxyl groups excluding tert-OH is 1. The lowest BCUT2D eigenvalue weighted by Crippen LogP contribution is -2.43. The van der Waals surface area contributed by atoms with Crippen molar-refractivity contribution in [3.05, 3.63) is 29.8 Å². The Kier molecular flexibility index (Phi) is 4.36. The van der Waals surface area contributed by atoms with Gasteiger partial charge in [-0.2, -0.15) is 0 Å². The van der Waals surface area contributed by atoms with Crippen LogP contribution < -0.4 is 0 Å². The predicted octanol–water partition coefficient (Wildman–Crippen LogP) is 1.64. The Bertz CT molecular complexity index is 533. The smallest absolute Gasteiger partial charge is 0.316 e. The molecule has 2 N–H and O–H groups in total. The summed E-state index contributed by atoms with van der Waals surface area (Å²) in [7, 11) is 2.14. The van der Waals surface area contributed by atoms with E-state index in [2.05, 4.69) is 11.9 Å². The molecule has 2 heterocycles. The summed E-state index contributed by atoms with van der Waals surface area (Å²) in [6.07, 6.45) is 3.96. The van der Waals surface area contributed by atoms with E-state index in [-0.39, 0.29) is 18.5 Å². The number of benzene rings is 1. The molecule has 0 spiro atoms. The average Bonchev–Trinajstić information content (AvgIpc) is 2.72. The first-order chi connectivity index (χ1) is 10.6. The fourth-order valence-corrected chi connectivity index (χ4v) is 3.79. The van der Waals surface area contributed by atoms with Gasteiger partial charge in [0.1, 0.15) is 17.8 Å². The van der Waals surface area contributed by atoms with Crippen LogP contribution in [0, 0.1) is 0 Å². The second-order valence-electron chi connectivity index (χ2n) is 6.37. The van der Waals surface area contributed by atoms with E-state index in [9.17, 15) is 15.0 Å². The summed E-state index contributed by atoms with van der Waals surface area (Å²) < 4.78 is 5.65. The average molecular weight is 305 g/mol. The van der Waals surface area contributed by atoms with Crippen molar-refractivity contribution >= 4 is 5.97 Å². The molecule has 4 atom stereocenters. The van der Waals surface area contributed by atoms with Gasteiger partial charge in [-0.05, 0) is 38.8 Å². The number of carbonyl (C=O) groups is 1. The Hall–Kier alpha value is -1.59. The fraction of sp³-hybridized carbons (Fsp3) is 0.588. The van der Waals surface area contributed by atoms with Crippen LogP contribution in [0.5, 0.6) is 5.75 Å². The molecule has 22 heavy (non-hydrogen) atoms. The molecule has 3 rings (SSSR count). The summed E-state index contributed by atoms with van der Waals surface area (Å²) >= 11 is 0. The molecule has 1 aromatic rings. The van der Waals surface area contributed by atoms with Crippen molar-refractivity contribution in [2.45, 2.75) is 49.8 Å². The number of aliphatic hydroxyl groups is 1. The van der Waals surface area contributed by atoms with Gasteiger partial charge in [0, 0.05) is 17.6 Å². The molecule has 2 aliphatic rings. The lowest BCUT2D eigenvalue weighted by molar-refractivity contribution is -0.155. The first-order valence-electron chi connectivity index (χ1n) is 7.91. The number of hydrogen-bond donors (Lipinski definition) is 2. The molecule has 120 valence electrons. The van der Waals surface area contributed by atoms with Crippen LogP contribution in [0.1, 0.15) is 37.2 Å². The minimum Gasteiger partial charge on any atom is -0.508 e. The van der Waals surface area contributed by atoms with Gasteiger partial charge >= 0.3 is 5.97 Å². The summed E-state index contributed by atoms with van der Waals surface area (Å²) in [4.78, 5) is 14.8. The Labute approximate surface area is 130 Å². The lowest BCUT2D eigenvalue weighted by Gasteiger charge is -2.36. The third-order valence-corrected chi connectivity index (χ3v) is 5.12. The van der Waals surface area contributed by atoms with Crippen LogP contribution >= 0.6 is 0 Å². The Morgan fingerprint density at radius 3 is 2.55 bits per heavy atom. The van der Waals surface area contributed by atoms with E-state index in [0.29, 0.717) is 17.6 Å². The van der Waals surface area contributed by atoms with Crippen LogP contribution in [0.3, 0.4) is 0 Å². The topological polar surface area (TPSA) is 70.0 Å². The Morgan fingerprint density at radius 1 is 1.32 bits per heavy atom. The number of rotatable bonds is 4. The molecule has 0 aromatic heterocycles. The summed E-state index contributed by atoms with van der Waals surface area (Å²) in [6, 6.07) is 7.58. The number of para-hydroxylation sites is 1. The number of aromatic hydroxyl groups is 1. The second-order valence-corrected chi connectivity index (χ2v) is 6.37. The van der Waals surface area contributed by atoms with Gasteiger partial charge in [0.05, 0.1) is 6.61 Å². The van der Waals surface area contributed by atoms with Crippen molar-refractivity contribution in [3.8, 4) is 5.75 Å². The van der Waals surface area contributed by atoms with E-state index in [1.165, 1.54) is 6.07 Å². The number of piperidine rings is 1. The molecule has 5 nitrogen and oxygen atoms in total. The number of esters is 1. The highest BCUT2D eigenvalue weighted by atomic mass is 16.5. The molecular formula is C17H23NO4. The number of carbonyl (C=O) groups excluding carboxylic acids is 1. The molecule has 2 aliphatic heterocycles. The summed E-state index contributed by atoms with van der Waals surface area (Å²) in [6.45, 7) is -0.365. The van der Waals surface area contributed by atoms with Gasteiger partial charge < -0.3 is 19.8 Å². The fourth-order valence-electron chi connectivity index (χ4n) is 3.79. The Balaban J connectivity index is 1.67. The molecule has 2 saturated heterocycles. The van der Waals surface area contributed by atoms with Crippen molar-refractivity contribution in [2.24, 2.45) is 0 Å². The first-order valence-corrected chi connectivity index (χ1v) is 7.91. The molecule has 0 aliphatic carbocycles. The number of phenols is 1. The maximum absolute atomic E-state index is 12.4. The van der Waals surface area contributed by atoms with Crippen molar-refractivity contribution in [3.63, 3.8) is 0 Å². The molecule has 0 saturated carbocycles. The third-order valence-electron chi connectivity index (χ3n) is 5.12. The zero-order valence-electron chi connectivity index (χ0n) is 12.8. The lowest BCUT2D eigenvalue weighted by atomic mass is 9.97. The van der Waals surface area contributed by atoms with Gasteiger partial charge in [-0.25, -0.2) is 0 Å². The summed E-state index contributed by atoms with van der Waals surface area (Å²) in [5.41, 5.74) is 0.422. The maximum atomic E-state index is 12.4. The van der Waals surface area contributed by atoms with E-state index in [4.69, 9.17) is 4.74 Å². The minimum atomic E-state index is -0.821. The molecule has 2 bridgehead atoms. The van der Waals surface area contributed by atoms with Crippen molar-refractivity contribution < 1.29 is 19.7 Å². The number of nitrogens with zero attached hydrogens (tertiary/aromatic N) is 1. The van der Waals surface area contributed by atoms with Gasteiger partial charge in [0.2, 0.25) is 0 Å². The van der Waals surface area contributed by atoms with Crippen molar-refractivity contribution in [1.29, 1.82) is 0 Å². The van der Waals surface area contributed by atoms with Crippen LogP contribution in [-0.4, -0.2) is 52.9 Å². The number of phenolic OH excluding ortho intramolecular Hbond substituents is 1. The largest absolute Gasteiger partial charge is 0.508 e. The predicted molar refractivity (Wildman–Crippen MR) is 81.6 cm³/mol. The molecule has 0 amide bonds. The van der Waals surface area contributed by atoms with Gasteiger partial charge in [-0.15, -0.1) is 0 Å². The highest BCUT2D eigenvalue weighted by molar-refractivity contribution is 5.79. The Morgan fingerprint density at radius 2 is 1.95 bits per heavy atom. The molecule has 0 radical (unpaired) electrons. The summed E-state index contributed by atoms with van der Waals surface area (Å²) in [5.74, 6) is -1.25. The number of hydrogen-bond acceptors (Lipinski definition) is 5. The third kappa shape index (κ3) is 2.83. The van der Waals surface area contributed by atoms with Crippen LogP contribution in [0.4, 0.5) is 0 Å². The standard InChI is InChI=1S/C17H23NO4/c1-18-11-6-7-12(18)9-13(8-11)22-17(21)15(10-19)14-4-2-3-5-16(14)20/h2-5,11-13,15,19-20H,6-10H2,1H3/t11-,12+,13?,15?. The van der Waals surface area contributed by atoms with Crippen LogP contribution in [0.2, 0.25) is 0 Å². The zero-order chi connectivity index (χ0) is 15.7. The number of fused-ring (bicyclic) bond motifs is 2. The zero-order valence-corrected chi connectivity index (χ0v) is 12.8. The van der Waals surface area contributed by atoms with Crippen molar-refractivity contribution in [2.75, 3.05) is 13.7 Å². The van der Waals surface area contributed by atoms with Crippen LogP contribution in [0.25, 0.3) is 0 Å². The maximum Gasteiger partial charge on any atom is 0.316 e. The molecule has 5 heteroatoms. The van der Waals surface area contributed by atoms with Gasteiger partial charge in [-0.3, -0.25) is 4.79 Å². The number of ether oxygens (including phenoxy) is 1. The van der Waals surface area contributed by atoms with E-state index in [0.717, 1.165) is 25.7 Å². The normalized spacial score (nSPS) is 29.3. The molecule has 2 fully saturated rings. The minimum absolute atomic E-state index is 0.0157. The van der Waals surface area contributed by atoms with Gasteiger partial charge in [0.15, 0.2) is 0 Å². The second kappa shape index (κ2) is 6.26. The summed E-state index contributed by atoms with van der Waals surface area (Å²) in [5, 5.41) is 19.4. The highest BCUT2D eigenvalue weighted by Crippen LogP contribution is 2.36. The SMILES string of the molecule is CN1[C@@H]2CC[C@H]1CC(OC(=O)C(CO)c1ccccc1O)C2. The monoisotopic (exact) mass is 305 g/mol. The van der Waals surface area contributed by atoms with Crippen molar-refractivity contribution in [1.82, 2.24) is 4.90 Å². The van der Waals surface area contributed by atoms with E-state index < -0.39 is 11.9 Å². The molecule has 1 aromatic carbocycles.